The van der Waals surface area contributed by atoms with E-state index in [1.807, 2.05) is 26.0 Å². The number of carbonyl (C=O) groups is 2. The van der Waals surface area contributed by atoms with E-state index in [4.69, 9.17) is 9.47 Å². The Morgan fingerprint density at radius 1 is 1.33 bits per heavy atom. The molecular formula is C22H21N3O5. The van der Waals surface area contributed by atoms with Crippen molar-refractivity contribution in [2.45, 2.75) is 51.2 Å². The van der Waals surface area contributed by atoms with Gasteiger partial charge in [-0.2, -0.15) is 0 Å². The van der Waals surface area contributed by atoms with E-state index in [2.05, 4.69) is 10.1 Å². The monoisotopic (exact) mass is 407 g/mol. The topological polar surface area (TPSA) is 103 Å². The molecule has 1 aromatic carbocycles. The largest absolute Gasteiger partial charge is 0.504 e. The molecule has 0 spiro atoms. The molecule has 3 heterocycles. The van der Waals surface area contributed by atoms with Crippen LogP contribution in [0.15, 0.2) is 30.3 Å². The van der Waals surface area contributed by atoms with Crippen LogP contribution in [0.4, 0.5) is 0 Å². The highest BCUT2D eigenvalue weighted by atomic mass is 16.5. The highest BCUT2D eigenvalue weighted by Crippen LogP contribution is 2.48. The number of aromatic hydroxyl groups is 1. The third kappa shape index (κ3) is 2.74. The van der Waals surface area contributed by atoms with Crippen LogP contribution in [-0.2, 0) is 26.3 Å². The molecule has 8 nitrogen and oxygen atoms in total. The van der Waals surface area contributed by atoms with Crippen LogP contribution in [0.3, 0.4) is 0 Å². The predicted octanol–water partition coefficient (Wildman–Crippen LogP) is 3.15. The van der Waals surface area contributed by atoms with E-state index in [9.17, 15) is 14.7 Å². The third-order valence-corrected chi connectivity index (χ3v) is 5.90. The first-order valence-corrected chi connectivity index (χ1v) is 10.0. The van der Waals surface area contributed by atoms with Crippen molar-refractivity contribution in [2.24, 2.45) is 0 Å². The van der Waals surface area contributed by atoms with E-state index in [-0.39, 0.29) is 36.0 Å². The number of cyclic esters (lactones) is 1. The molecule has 1 aliphatic heterocycles. The van der Waals surface area contributed by atoms with Crippen molar-refractivity contribution in [1.82, 2.24) is 14.6 Å². The van der Waals surface area contributed by atoms with Gasteiger partial charge in [0.2, 0.25) is 0 Å². The Morgan fingerprint density at radius 2 is 2.13 bits per heavy atom. The minimum atomic E-state index is -0.850. The van der Waals surface area contributed by atoms with Gasteiger partial charge in [0, 0.05) is 11.1 Å². The first-order chi connectivity index (χ1) is 14.4. The molecule has 1 fully saturated rings. The summed E-state index contributed by atoms with van der Waals surface area (Å²) in [6, 6.07) is 8.69. The third-order valence-electron chi connectivity index (χ3n) is 5.90. The number of carbonyl (C=O) groups excluding carboxylic acids is 2. The Labute approximate surface area is 172 Å². The molecule has 30 heavy (non-hydrogen) atoms. The molecule has 0 saturated heterocycles. The van der Waals surface area contributed by atoms with Crippen LogP contribution in [0.25, 0.3) is 16.9 Å². The molecule has 0 radical (unpaired) electrons. The zero-order valence-corrected chi connectivity index (χ0v) is 16.7. The van der Waals surface area contributed by atoms with Crippen LogP contribution in [0.1, 0.15) is 54.9 Å². The molecule has 5 rings (SSSR count). The van der Waals surface area contributed by atoms with Gasteiger partial charge in [-0.25, -0.2) is 14.3 Å². The number of esters is 2. The lowest BCUT2D eigenvalue weighted by atomic mass is 10.0. The molecule has 1 aliphatic carbocycles. The zero-order valence-electron chi connectivity index (χ0n) is 16.7. The highest BCUT2D eigenvalue weighted by molar-refractivity contribution is 5.94. The van der Waals surface area contributed by atoms with Crippen LogP contribution in [0.2, 0.25) is 0 Å². The van der Waals surface area contributed by atoms with Gasteiger partial charge in [-0.05, 0) is 50.5 Å². The van der Waals surface area contributed by atoms with Crippen molar-refractivity contribution in [3.63, 3.8) is 0 Å². The Hall–Kier alpha value is -3.42. The van der Waals surface area contributed by atoms with Crippen molar-refractivity contribution < 1.29 is 24.2 Å². The summed E-state index contributed by atoms with van der Waals surface area (Å²) < 4.78 is 12.2. The van der Waals surface area contributed by atoms with E-state index < -0.39 is 5.41 Å². The summed E-state index contributed by atoms with van der Waals surface area (Å²) in [6.07, 6.45) is 1.80. The van der Waals surface area contributed by atoms with Crippen molar-refractivity contribution in [2.75, 3.05) is 0 Å². The Kier molecular flexibility index (Phi) is 4.06. The Bertz CT molecular complexity index is 1190. The molecule has 2 aromatic heterocycles. The second kappa shape index (κ2) is 6.55. The second-order valence-electron chi connectivity index (χ2n) is 7.93. The average Bonchev–Trinajstić information content (AvgIpc) is 3.30. The van der Waals surface area contributed by atoms with Crippen LogP contribution < -0.4 is 0 Å². The maximum Gasteiger partial charge on any atom is 0.338 e. The summed E-state index contributed by atoms with van der Waals surface area (Å²) in [6.45, 7) is 4.05. The van der Waals surface area contributed by atoms with Crippen molar-refractivity contribution >= 4 is 17.6 Å². The quantitative estimate of drug-likeness (QED) is 0.648. The lowest BCUT2D eigenvalue weighted by Gasteiger charge is -2.15. The molecular weight excluding hydrogens is 386 g/mol. The second-order valence-corrected chi connectivity index (χ2v) is 7.93. The van der Waals surface area contributed by atoms with Gasteiger partial charge in [0.15, 0.2) is 17.2 Å². The van der Waals surface area contributed by atoms with E-state index in [0.29, 0.717) is 29.9 Å². The summed E-state index contributed by atoms with van der Waals surface area (Å²) in [5.74, 6) is -0.311. The lowest BCUT2D eigenvalue weighted by Crippen LogP contribution is -2.28. The number of aromatic nitrogens is 3. The van der Waals surface area contributed by atoms with E-state index in [1.165, 1.54) is 0 Å². The van der Waals surface area contributed by atoms with Gasteiger partial charge < -0.3 is 14.6 Å². The summed E-state index contributed by atoms with van der Waals surface area (Å²) in [4.78, 5) is 29.0. The van der Waals surface area contributed by atoms with Crippen LogP contribution in [0, 0.1) is 0 Å². The number of pyridine rings is 1. The number of fused-ring (bicyclic) bond motifs is 2. The molecule has 1 N–H and O–H groups in total. The molecule has 154 valence electrons. The smallest absolute Gasteiger partial charge is 0.338 e. The van der Waals surface area contributed by atoms with Crippen molar-refractivity contribution in [1.29, 1.82) is 0 Å². The standard InChI is InChI=1S/C22H21N3O5/c1-3-12(2)30-21(28)22(8-9-22)20-23-18-17(26)7-6-16(25(18)24-20)13-4-5-15-14(10-13)11-29-19(15)27/h4-7,10,12,26H,3,8-9,11H2,1-2H3/t12-/m0/s1. The molecule has 0 amide bonds. The number of rotatable bonds is 5. The predicted molar refractivity (Wildman–Crippen MR) is 106 cm³/mol. The average molecular weight is 407 g/mol. The molecule has 8 heteroatoms. The van der Waals surface area contributed by atoms with Gasteiger partial charge in [0.1, 0.15) is 12.0 Å². The Morgan fingerprint density at radius 3 is 2.87 bits per heavy atom. The van der Waals surface area contributed by atoms with Crippen LogP contribution >= 0.6 is 0 Å². The number of nitrogens with zero attached hydrogens (tertiary/aromatic N) is 3. The van der Waals surface area contributed by atoms with E-state index in [1.54, 1.807) is 22.7 Å². The fraction of sp³-hybridized carbons (Fsp3) is 0.364. The number of hydrogen-bond donors (Lipinski definition) is 1. The minimum Gasteiger partial charge on any atom is -0.504 e. The summed E-state index contributed by atoms with van der Waals surface area (Å²) in [5.41, 5.74) is 2.28. The van der Waals surface area contributed by atoms with Crippen LogP contribution in [0.5, 0.6) is 5.75 Å². The normalized spacial score (nSPS) is 17.5. The summed E-state index contributed by atoms with van der Waals surface area (Å²) in [5, 5.41) is 14.9. The fourth-order valence-electron chi connectivity index (χ4n) is 3.69. The van der Waals surface area contributed by atoms with Crippen molar-refractivity contribution in [3.8, 4) is 17.0 Å². The first kappa shape index (κ1) is 18.6. The molecule has 0 unspecified atom stereocenters. The zero-order chi connectivity index (χ0) is 21.0. The van der Waals surface area contributed by atoms with Gasteiger partial charge in [-0.3, -0.25) is 4.79 Å². The molecule has 2 aliphatic rings. The fourth-order valence-corrected chi connectivity index (χ4v) is 3.69. The first-order valence-electron chi connectivity index (χ1n) is 10.0. The Balaban J connectivity index is 1.58. The number of ether oxygens (including phenoxy) is 2. The van der Waals surface area contributed by atoms with E-state index in [0.717, 1.165) is 17.5 Å². The summed E-state index contributed by atoms with van der Waals surface area (Å²) in [7, 11) is 0. The van der Waals surface area contributed by atoms with Gasteiger partial charge in [-0.15, -0.1) is 5.10 Å². The van der Waals surface area contributed by atoms with Gasteiger partial charge in [0.25, 0.3) is 0 Å². The minimum absolute atomic E-state index is 0.0248. The molecule has 1 atom stereocenters. The maximum atomic E-state index is 12.8. The van der Waals surface area contributed by atoms with Gasteiger partial charge >= 0.3 is 11.9 Å². The van der Waals surface area contributed by atoms with E-state index >= 15 is 0 Å². The van der Waals surface area contributed by atoms with Crippen molar-refractivity contribution in [3.05, 3.63) is 47.3 Å². The lowest BCUT2D eigenvalue weighted by molar-refractivity contribution is -0.151. The van der Waals surface area contributed by atoms with Crippen LogP contribution in [-0.4, -0.2) is 37.7 Å². The summed E-state index contributed by atoms with van der Waals surface area (Å²) >= 11 is 0. The SMILES string of the molecule is CC[C@H](C)OC(=O)C1(c2nc3c(O)ccc(-c4ccc5c(c4)COC5=O)n3n2)CC1. The highest BCUT2D eigenvalue weighted by Gasteiger charge is 2.56. The molecule has 1 saturated carbocycles. The number of benzene rings is 1. The molecule has 0 bridgehead atoms. The maximum absolute atomic E-state index is 12.8. The number of hydrogen-bond acceptors (Lipinski definition) is 7. The van der Waals surface area contributed by atoms with Gasteiger partial charge in [-0.1, -0.05) is 13.0 Å². The molecule has 3 aromatic rings. The van der Waals surface area contributed by atoms with Gasteiger partial charge in [0.05, 0.1) is 17.4 Å².